The van der Waals surface area contributed by atoms with Crippen molar-refractivity contribution in [3.05, 3.63) is 17.5 Å². The van der Waals surface area contributed by atoms with Gasteiger partial charge in [-0.25, -0.2) is 0 Å². The van der Waals surface area contributed by atoms with Crippen molar-refractivity contribution in [3.8, 4) is 0 Å². The molecule has 96 valence electrons. The van der Waals surface area contributed by atoms with Gasteiger partial charge >= 0.3 is 0 Å². The number of aliphatic hydroxyl groups excluding tert-OH is 1. The van der Waals surface area contributed by atoms with Crippen LogP contribution in [0.4, 0.5) is 0 Å². The van der Waals surface area contributed by atoms with Gasteiger partial charge in [-0.1, -0.05) is 13.8 Å². The maximum Gasteiger partial charge on any atom is 0.272 e. The first-order chi connectivity index (χ1) is 8.01. The maximum atomic E-state index is 12.2. The lowest BCUT2D eigenvalue weighted by Crippen LogP contribution is -2.34. The molecule has 0 saturated carbocycles. The summed E-state index contributed by atoms with van der Waals surface area (Å²) in [7, 11) is 1.77. The summed E-state index contributed by atoms with van der Waals surface area (Å²) >= 11 is 0. The van der Waals surface area contributed by atoms with Gasteiger partial charge in [-0.2, -0.15) is 5.10 Å². The highest BCUT2D eigenvalue weighted by molar-refractivity contribution is 5.92. The van der Waals surface area contributed by atoms with Crippen molar-refractivity contribution < 1.29 is 9.90 Å². The van der Waals surface area contributed by atoms with Crippen molar-refractivity contribution >= 4 is 5.91 Å². The van der Waals surface area contributed by atoms with Crippen molar-refractivity contribution in [2.24, 2.45) is 7.05 Å². The number of carbonyl (C=O) groups is 1. The fourth-order valence-corrected chi connectivity index (χ4v) is 1.66. The molecule has 0 unspecified atom stereocenters. The highest BCUT2D eigenvalue weighted by Crippen LogP contribution is 2.15. The van der Waals surface area contributed by atoms with Crippen LogP contribution in [-0.4, -0.2) is 45.4 Å². The summed E-state index contributed by atoms with van der Waals surface area (Å²) in [5.41, 5.74) is 1.49. The summed E-state index contributed by atoms with van der Waals surface area (Å²) < 4.78 is 1.61. The largest absolute Gasteiger partial charge is 0.395 e. The summed E-state index contributed by atoms with van der Waals surface area (Å²) in [5.74, 6) is 0.221. The van der Waals surface area contributed by atoms with E-state index < -0.39 is 0 Å². The van der Waals surface area contributed by atoms with Crippen molar-refractivity contribution in [2.75, 3.05) is 19.7 Å². The fourth-order valence-electron chi connectivity index (χ4n) is 1.66. The van der Waals surface area contributed by atoms with Crippen molar-refractivity contribution in [1.82, 2.24) is 14.7 Å². The lowest BCUT2D eigenvalue weighted by molar-refractivity contribution is 0.0721. The minimum atomic E-state index is -0.0801. The third kappa shape index (κ3) is 3.06. The SMILES string of the molecule is CCN(CCO)C(=O)c1cc(C(C)C)nn1C. The maximum absolute atomic E-state index is 12.2. The van der Waals surface area contributed by atoms with E-state index in [1.807, 2.05) is 26.8 Å². The molecule has 1 aromatic heterocycles. The average molecular weight is 239 g/mol. The molecule has 5 heteroatoms. The second kappa shape index (κ2) is 5.82. The van der Waals surface area contributed by atoms with Crippen LogP contribution in [0.25, 0.3) is 0 Å². The molecule has 0 fully saturated rings. The second-order valence-corrected chi connectivity index (χ2v) is 4.34. The normalized spacial score (nSPS) is 10.9. The van der Waals surface area contributed by atoms with Gasteiger partial charge in [-0.15, -0.1) is 0 Å². The monoisotopic (exact) mass is 239 g/mol. The van der Waals surface area contributed by atoms with Crippen LogP contribution in [0.1, 0.15) is 42.9 Å². The highest BCUT2D eigenvalue weighted by atomic mass is 16.3. The number of amides is 1. The molecule has 1 aromatic rings. The lowest BCUT2D eigenvalue weighted by Gasteiger charge is -2.19. The molecule has 1 N–H and O–H groups in total. The van der Waals surface area contributed by atoms with Crippen LogP contribution in [0, 0.1) is 0 Å². The molecule has 17 heavy (non-hydrogen) atoms. The van der Waals surface area contributed by atoms with Gasteiger partial charge < -0.3 is 10.0 Å². The van der Waals surface area contributed by atoms with E-state index in [9.17, 15) is 4.79 Å². The Hall–Kier alpha value is -1.36. The number of aryl methyl sites for hydroxylation is 1. The second-order valence-electron chi connectivity index (χ2n) is 4.34. The van der Waals surface area contributed by atoms with E-state index in [0.29, 0.717) is 24.7 Å². The van der Waals surface area contributed by atoms with Crippen LogP contribution < -0.4 is 0 Å². The summed E-state index contributed by atoms with van der Waals surface area (Å²) in [6, 6.07) is 1.83. The molecule has 0 aliphatic heterocycles. The Morgan fingerprint density at radius 3 is 2.65 bits per heavy atom. The van der Waals surface area contributed by atoms with Crippen molar-refractivity contribution in [3.63, 3.8) is 0 Å². The third-order valence-electron chi connectivity index (χ3n) is 2.75. The molecular formula is C12H21N3O2. The standard InChI is InChI=1S/C12H21N3O2/c1-5-15(6-7-16)12(17)11-8-10(9(2)3)13-14(11)4/h8-9,16H,5-7H2,1-4H3. The van der Waals surface area contributed by atoms with E-state index in [2.05, 4.69) is 5.10 Å². The van der Waals surface area contributed by atoms with Crippen LogP contribution >= 0.6 is 0 Å². The molecule has 0 aromatic carbocycles. The minimum Gasteiger partial charge on any atom is -0.395 e. The van der Waals surface area contributed by atoms with Gasteiger partial charge in [0.2, 0.25) is 0 Å². The Kier molecular flexibility index (Phi) is 4.69. The number of nitrogens with zero attached hydrogens (tertiary/aromatic N) is 3. The third-order valence-corrected chi connectivity index (χ3v) is 2.75. The number of rotatable bonds is 5. The zero-order valence-electron chi connectivity index (χ0n) is 11.0. The summed E-state index contributed by atoms with van der Waals surface area (Å²) in [4.78, 5) is 13.8. The predicted molar refractivity (Wildman–Crippen MR) is 66.0 cm³/mol. The Labute approximate surface area is 102 Å². The first kappa shape index (κ1) is 13.7. The zero-order valence-corrected chi connectivity index (χ0v) is 11.0. The molecule has 0 saturated heterocycles. The van der Waals surface area contributed by atoms with E-state index in [1.54, 1.807) is 16.6 Å². The molecule has 0 bridgehead atoms. The average Bonchev–Trinajstić information content (AvgIpc) is 2.67. The van der Waals surface area contributed by atoms with Crippen LogP contribution in [0.2, 0.25) is 0 Å². The van der Waals surface area contributed by atoms with Gasteiger partial charge in [-0.05, 0) is 18.9 Å². The topological polar surface area (TPSA) is 58.4 Å². The molecule has 1 rings (SSSR count). The van der Waals surface area contributed by atoms with Crippen LogP contribution in [0.15, 0.2) is 6.07 Å². The molecule has 5 nitrogen and oxygen atoms in total. The Morgan fingerprint density at radius 1 is 1.59 bits per heavy atom. The first-order valence-corrected chi connectivity index (χ1v) is 5.95. The number of hydrogen-bond donors (Lipinski definition) is 1. The highest BCUT2D eigenvalue weighted by Gasteiger charge is 2.19. The van der Waals surface area contributed by atoms with Gasteiger partial charge in [-0.3, -0.25) is 9.48 Å². The quantitative estimate of drug-likeness (QED) is 0.834. The number of aromatic nitrogens is 2. The van der Waals surface area contributed by atoms with Gasteiger partial charge in [0.25, 0.3) is 5.91 Å². The van der Waals surface area contributed by atoms with E-state index in [4.69, 9.17) is 5.11 Å². The van der Waals surface area contributed by atoms with E-state index in [-0.39, 0.29) is 12.5 Å². The van der Waals surface area contributed by atoms with Gasteiger partial charge in [0.05, 0.1) is 12.3 Å². The number of likely N-dealkylation sites (N-methyl/N-ethyl adjacent to an activating group) is 1. The fraction of sp³-hybridized carbons (Fsp3) is 0.667. The predicted octanol–water partition coefficient (Wildman–Crippen LogP) is 0.998. The summed E-state index contributed by atoms with van der Waals surface area (Å²) in [6.07, 6.45) is 0. The van der Waals surface area contributed by atoms with E-state index >= 15 is 0 Å². The minimum absolute atomic E-state index is 0.0194. The van der Waals surface area contributed by atoms with Crippen molar-refractivity contribution in [1.29, 1.82) is 0 Å². The van der Waals surface area contributed by atoms with Crippen LogP contribution in [0.3, 0.4) is 0 Å². The molecule has 0 aliphatic carbocycles. The van der Waals surface area contributed by atoms with Gasteiger partial charge in [0.15, 0.2) is 0 Å². The molecule has 0 spiro atoms. The molecule has 0 atom stereocenters. The Bertz CT molecular complexity index is 385. The number of carbonyl (C=O) groups excluding carboxylic acids is 1. The summed E-state index contributed by atoms with van der Waals surface area (Å²) in [5, 5.41) is 13.2. The molecule has 1 heterocycles. The molecule has 0 radical (unpaired) electrons. The first-order valence-electron chi connectivity index (χ1n) is 5.95. The molecular weight excluding hydrogens is 218 g/mol. The molecule has 1 amide bonds. The molecule has 0 aliphatic rings. The van der Waals surface area contributed by atoms with E-state index in [1.165, 1.54) is 0 Å². The van der Waals surface area contributed by atoms with Crippen molar-refractivity contribution in [2.45, 2.75) is 26.7 Å². The van der Waals surface area contributed by atoms with Crippen LogP contribution in [0.5, 0.6) is 0 Å². The summed E-state index contributed by atoms with van der Waals surface area (Å²) in [6.45, 7) is 6.91. The Morgan fingerprint density at radius 2 is 2.24 bits per heavy atom. The van der Waals surface area contributed by atoms with Crippen LogP contribution in [-0.2, 0) is 7.05 Å². The lowest BCUT2D eigenvalue weighted by atomic mass is 10.1. The smallest absolute Gasteiger partial charge is 0.272 e. The van der Waals surface area contributed by atoms with E-state index in [0.717, 1.165) is 5.69 Å². The Balaban J connectivity index is 2.94. The van der Waals surface area contributed by atoms with Gasteiger partial charge in [0, 0.05) is 20.1 Å². The van der Waals surface area contributed by atoms with Gasteiger partial charge in [0.1, 0.15) is 5.69 Å². The number of aliphatic hydroxyl groups is 1. The number of hydrogen-bond acceptors (Lipinski definition) is 3. The zero-order chi connectivity index (χ0) is 13.0.